The Morgan fingerprint density at radius 2 is 2.36 bits per heavy atom. The minimum atomic E-state index is 0.0116. The molecule has 3 atom stereocenters. The molecule has 0 aromatic carbocycles. The van der Waals surface area contributed by atoms with Crippen molar-refractivity contribution in [2.75, 3.05) is 40.3 Å². The molecule has 2 fully saturated rings. The molecule has 3 rings (SSSR count). The minimum absolute atomic E-state index is 0.0116. The van der Waals surface area contributed by atoms with Gasteiger partial charge in [0.25, 0.3) is 0 Å². The van der Waals surface area contributed by atoms with Crippen LogP contribution in [0.2, 0.25) is 0 Å². The van der Waals surface area contributed by atoms with Crippen molar-refractivity contribution in [3.8, 4) is 0 Å². The van der Waals surface area contributed by atoms with Gasteiger partial charge in [-0.05, 0) is 56.8 Å². The van der Waals surface area contributed by atoms with Crippen LogP contribution in [-0.2, 0) is 4.74 Å². The number of carbonyl (C=O) groups excluding carboxylic acids is 1. The molecule has 3 heterocycles. The zero-order chi connectivity index (χ0) is 17.6. The van der Waals surface area contributed by atoms with Crippen LogP contribution >= 0.6 is 0 Å². The van der Waals surface area contributed by atoms with Crippen molar-refractivity contribution in [3.63, 3.8) is 0 Å². The fourth-order valence-electron chi connectivity index (χ4n) is 4.08. The average molecular weight is 346 g/mol. The number of nitrogens with zero attached hydrogens (tertiary/aromatic N) is 3. The maximum atomic E-state index is 12.4. The lowest BCUT2D eigenvalue weighted by molar-refractivity contribution is 0.104. The molecule has 0 unspecified atom stereocenters. The summed E-state index contributed by atoms with van der Waals surface area (Å²) < 4.78 is 5.60. The van der Waals surface area contributed by atoms with E-state index in [0.717, 1.165) is 45.4 Å². The van der Waals surface area contributed by atoms with E-state index in [1.807, 2.05) is 24.2 Å². The third-order valence-corrected chi connectivity index (χ3v) is 5.42. The maximum absolute atomic E-state index is 12.4. The van der Waals surface area contributed by atoms with E-state index in [0.29, 0.717) is 24.6 Å². The zero-order valence-electron chi connectivity index (χ0n) is 15.4. The first-order valence-corrected chi connectivity index (χ1v) is 9.36. The number of aromatic nitrogens is 1. The van der Waals surface area contributed by atoms with E-state index in [4.69, 9.17) is 4.74 Å². The van der Waals surface area contributed by atoms with Gasteiger partial charge in [-0.25, -0.2) is 4.79 Å². The molecule has 1 N–H and O–H groups in total. The molecular weight excluding hydrogens is 316 g/mol. The molecule has 25 heavy (non-hydrogen) atoms. The molecular formula is C19H30N4O2. The number of carbonyl (C=O) groups is 1. The van der Waals surface area contributed by atoms with Crippen LogP contribution in [0.3, 0.4) is 0 Å². The monoisotopic (exact) mass is 346 g/mol. The zero-order valence-corrected chi connectivity index (χ0v) is 15.4. The summed E-state index contributed by atoms with van der Waals surface area (Å²) in [6.45, 7) is 3.36. The van der Waals surface area contributed by atoms with Gasteiger partial charge in [-0.15, -0.1) is 0 Å². The Kier molecular flexibility index (Phi) is 6.26. The van der Waals surface area contributed by atoms with Gasteiger partial charge in [0.15, 0.2) is 0 Å². The lowest BCUT2D eigenvalue weighted by Gasteiger charge is -2.28. The van der Waals surface area contributed by atoms with E-state index in [-0.39, 0.29) is 6.03 Å². The quantitative estimate of drug-likeness (QED) is 0.859. The number of ether oxygens (including phenoxy) is 1. The molecule has 0 saturated carbocycles. The van der Waals surface area contributed by atoms with Gasteiger partial charge in [0.1, 0.15) is 0 Å². The van der Waals surface area contributed by atoms with Crippen LogP contribution < -0.4 is 5.32 Å². The number of hydrogen-bond acceptors (Lipinski definition) is 4. The summed E-state index contributed by atoms with van der Waals surface area (Å²) in [4.78, 5) is 20.8. The number of likely N-dealkylation sites (tertiary alicyclic amines) is 1. The van der Waals surface area contributed by atoms with Crippen molar-refractivity contribution < 1.29 is 9.53 Å². The van der Waals surface area contributed by atoms with Gasteiger partial charge in [-0.3, -0.25) is 9.88 Å². The average Bonchev–Trinajstić information content (AvgIpc) is 3.25. The van der Waals surface area contributed by atoms with Crippen LogP contribution in [0.4, 0.5) is 4.79 Å². The smallest absolute Gasteiger partial charge is 0.317 e. The molecule has 0 aliphatic carbocycles. The molecule has 1 aromatic rings. The van der Waals surface area contributed by atoms with Crippen molar-refractivity contribution in [1.82, 2.24) is 20.1 Å². The van der Waals surface area contributed by atoms with Crippen LogP contribution in [0.15, 0.2) is 24.5 Å². The first kappa shape index (κ1) is 18.1. The Morgan fingerprint density at radius 3 is 3.08 bits per heavy atom. The Labute approximate surface area is 150 Å². The topological polar surface area (TPSA) is 57.7 Å². The molecule has 2 saturated heterocycles. The summed E-state index contributed by atoms with van der Waals surface area (Å²) in [7, 11) is 4.04. The van der Waals surface area contributed by atoms with E-state index in [2.05, 4.69) is 28.3 Å². The van der Waals surface area contributed by atoms with Crippen LogP contribution in [0.5, 0.6) is 0 Å². The van der Waals surface area contributed by atoms with Gasteiger partial charge in [-0.2, -0.15) is 0 Å². The van der Waals surface area contributed by atoms with Gasteiger partial charge in [0.05, 0.1) is 6.10 Å². The Morgan fingerprint density at radius 1 is 1.48 bits per heavy atom. The standard InChI is InChI=1S/C19H30N4O2/c1-22-11-8-16(18(22)15-5-3-9-20-13-15)14-23(2)19(24)21-10-7-17-6-4-12-25-17/h3,5,9,13,16-18H,4,6-8,10-12,14H2,1-2H3,(H,21,24)/t16-,17-,18-/m0/s1. The molecule has 2 amide bonds. The number of amides is 2. The first-order chi connectivity index (χ1) is 12.1. The Hall–Kier alpha value is -1.66. The second-order valence-corrected chi connectivity index (χ2v) is 7.30. The third kappa shape index (κ3) is 4.70. The predicted octanol–water partition coefficient (Wildman–Crippen LogP) is 2.28. The van der Waals surface area contributed by atoms with Crippen molar-refractivity contribution in [2.45, 2.75) is 37.8 Å². The number of rotatable bonds is 6. The fraction of sp³-hybridized carbons (Fsp3) is 0.684. The maximum Gasteiger partial charge on any atom is 0.317 e. The highest BCUT2D eigenvalue weighted by Gasteiger charge is 2.34. The van der Waals surface area contributed by atoms with E-state index in [1.54, 1.807) is 6.20 Å². The molecule has 1 aromatic heterocycles. The van der Waals surface area contributed by atoms with Crippen molar-refractivity contribution in [3.05, 3.63) is 30.1 Å². The van der Waals surface area contributed by atoms with Gasteiger partial charge >= 0.3 is 6.03 Å². The van der Waals surface area contributed by atoms with Crippen molar-refractivity contribution >= 4 is 6.03 Å². The van der Waals surface area contributed by atoms with E-state index in [9.17, 15) is 4.79 Å². The Balaban J connectivity index is 1.48. The highest BCUT2D eigenvalue weighted by atomic mass is 16.5. The molecule has 138 valence electrons. The van der Waals surface area contributed by atoms with Crippen molar-refractivity contribution in [2.24, 2.45) is 5.92 Å². The second-order valence-electron chi connectivity index (χ2n) is 7.30. The summed E-state index contributed by atoms with van der Waals surface area (Å²) in [5.41, 5.74) is 1.24. The predicted molar refractivity (Wildman–Crippen MR) is 97.3 cm³/mol. The summed E-state index contributed by atoms with van der Waals surface area (Å²) in [6.07, 6.45) is 8.34. The Bertz CT molecular complexity index is 548. The van der Waals surface area contributed by atoms with Gasteiger partial charge in [0.2, 0.25) is 0 Å². The summed E-state index contributed by atoms with van der Waals surface area (Å²) in [5.74, 6) is 0.433. The molecule has 6 heteroatoms. The number of hydrogen-bond donors (Lipinski definition) is 1. The lowest BCUT2D eigenvalue weighted by atomic mass is 9.94. The normalized spacial score (nSPS) is 26.7. The highest BCUT2D eigenvalue weighted by molar-refractivity contribution is 5.73. The summed E-state index contributed by atoms with van der Waals surface area (Å²) >= 11 is 0. The number of pyridine rings is 1. The van der Waals surface area contributed by atoms with Crippen LogP contribution in [0, 0.1) is 5.92 Å². The third-order valence-electron chi connectivity index (χ3n) is 5.42. The second kappa shape index (κ2) is 8.63. The van der Waals surface area contributed by atoms with Gasteiger partial charge in [-0.1, -0.05) is 6.07 Å². The molecule has 2 aliphatic heterocycles. The van der Waals surface area contributed by atoms with Crippen LogP contribution in [0.25, 0.3) is 0 Å². The SMILES string of the molecule is CN(C[C@@H]1CCN(C)[C@H]1c1cccnc1)C(=O)NCC[C@@H]1CCCO1. The summed E-state index contributed by atoms with van der Waals surface area (Å²) in [5, 5.41) is 3.03. The van der Waals surface area contributed by atoms with E-state index in [1.165, 1.54) is 5.56 Å². The lowest BCUT2D eigenvalue weighted by Crippen LogP contribution is -2.41. The first-order valence-electron chi connectivity index (χ1n) is 9.36. The molecule has 6 nitrogen and oxygen atoms in total. The molecule has 0 radical (unpaired) electrons. The minimum Gasteiger partial charge on any atom is -0.378 e. The number of urea groups is 1. The van der Waals surface area contributed by atoms with E-state index >= 15 is 0 Å². The molecule has 2 aliphatic rings. The van der Waals surface area contributed by atoms with Gasteiger partial charge < -0.3 is 15.0 Å². The van der Waals surface area contributed by atoms with Crippen LogP contribution in [0.1, 0.15) is 37.3 Å². The fourth-order valence-corrected chi connectivity index (χ4v) is 4.08. The van der Waals surface area contributed by atoms with Gasteiger partial charge in [0, 0.05) is 45.2 Å². The molecule has 0 spiro atoms. The largest absolute Gasteiger partial charge is 0.378 e. The highest BCUT2D eigenvalue weighted by Crippen LogP contribution is 2.36. The van der Waals surface area contributed by atoms with E-state index < -0.39 is 0 Å². The van der Waals surface area contributed by atoms with Crippen LogP contribution in [-0.4, -0.2) is 67.3 Å². The molecule has 0 bridgehead atoms. The summed E-state index contributed by atoms with van der Waals surface area (Å²) in [6, 6.07) is 4.46. The number of nitrogens with one attached hydrogen (secondary N) is 1. The van der Waals surface area contributed by atoms with Crippen molar-refractivity contribution in [1.29, 1.82) is 0 Å².